The average molecular weight is 369 g/mol. The molecule has 0 aromatic heterocycles. The van der Waals surface area contributed by atoms with Crippen LogP contribution in [-0.2, 0) is 0 Å². The second-order valence-corrected chi connectivity index (χ2v) is 5.89. The fourth-order valence-electron chi connectivity index (χ4n) is 2.31. The van der Waals surface area contributed by atoms with E-state index in [0.29, 0.717) is 22.5 Å². The third kappa shape index (κ3) is 4.26. The van der Waals surface area contributed by atoms with Crippen LogP contribution in [0, 0.1) is 5.82 Å². The second-order valence-electron chi connectivity index (χ2n) is 5.48. The van der Waals surface area contributed by atoms with Crippen molar-refractivity contribution in [2.75, 3.05) is 10.6 Å². The zero-order valence-electron chi connectivity index (χ0n) is 13.5. The summed E-state index contributed by atoms with van der Waals surface area (Å²) in [6, 6.07) is 19.2. The highest BCUT2D eigenvalue weighted by atomic mass is 35.5. The maximum absolute atomic E-state index is 13.2. The molecule has 3 rings (SSSR count). The van der Waals surface area contributed by atoms with Crippen LogP contribution < -0.4 is 10.6 Å². The molecular formula is C20H14ClFN2O2. The zero-order chi connectivity index (χ0) is 18.5. The Morgan fingerprint density at radius 3 is 2.04 bits per heavy atom. The Labute approximate surface area is 154 Å². The summed E-state index contributed by atoms with van der Waals surface area (Å²) < 4.78 is 13.2. The monoisotopic (exact) mass is 368 g/mol. The molecule has 0 atom stereocenters. The summed E-state index contributed by atoms with van der Waals surface area (Å²) in [6.45, 7) is 0. The first-order valence-corrected chi connectivity index (χ1v) is 8.13. The number of halogens is 2. The van der Waals surface area contributed by atoms with E-state index < -0.39 is 11.7 Å². The lowest BCUT2D eigenvalue weighted by Crippen LogP contribution is -2.14. The van der Waals surface area contributed by atoms with E-state index in [1.807, 2.05) is 6.07 Å². The standard InChI is InChI=1S/C20H14ClFN2O2/c21-17-12-16(9-10-18(17)22)24-20(26)14-7-4-8-15(11-14)23-19(25)13-5-2-1-3-6-13/h1-12H,(H,23,25)(H,24,26). The van der Waals surface area contributed by atoms with Crippen LogP contribution in [0.25, 0.3) is 0 Å². The third-order valence-corrected chi connectivity index (χ3v) is 3.89. The number of rotatable bonds is 4. The molecule has 0 aliphatic carbocycles. The highest BCUT2D eigenvalue weighted by molar-refractivity contribution is 6.31. The van der Waals surface area contributed by atoms with Gasteiger partial charge >= 0.3 is 0 Å². The Balaban J connectivity index is 1.73. The van der Waals surface area contributed by atoms with Crippen LogP contribution in [0.2, 0.25) is 5.02 Å². The Morgan fingerprint density at radius 2 is 1.35 bits per heavy atom. The summed E-state index contributed by atoms with van der Waals surface area (Å²) in [5.41, 5.74) is 1.73. The van der Waals surface area contributed by atoms with Gasteiger partial charge in [0.25, 0.3) is 11.8 Å². The molecule has 0 saturated heterocycles. The van der Waals surface area contributed by atoms with Crippen molar-refractivity contribution in [2.24, 2.45) is 0 Å². The van der Waals surface area contributed by atoms with Crippen molar-refractivity contribution in [1.82, 2.24) is 0 Å². The van der Waals surface area contributed by atoms with Crippen LogP contribution in [0.15, 0.2) is 72.8 Å². The molecule has 130 valence electrons. The minimum Gasteiger partial charge on any atom is -0.322 e. The first kappa shape index (κ1) is 17.6. The molecule has 3 aromatic carbocycles. The number of nitrogens with one attached hydrogen (secondary N) is 2. The van der Waals surface area contributed by atoms with Crippen molar-refractivity contribution in [2.45, 2.75) is 0 Å². The van der Waals surface area contributed by atoms with Gasteiger partial charge in [0.2, 0.25) is 0 Å². The van der Waals surface area contributed by atoms with Gasteiger partial charge in [-0.25, -0.2) is 4.39 Å². The van der Waals surface area contributed by atoms with E-state index in [9.17, 15) is 14.0 Å². The van der Waals surface area contributed by atoms with Gasteiger partial charge in [-0.1, -0.05) is 35.9 Å². The summed E-state index contributed by atoms with van der Waals surface area (Å²) in [4.78, 5) is 24.6. The van der Waals surface area contributed by atoms with Gasteiger partial charge in [-0.3, -0.25) is 9.59 Å². The summed E-state index contributed by atoms with van der Waals surface area (Å²) in [5.74, 6) is -1.23. The fraction of sp³-hybridized carbons (Fsp3) is 0. The molecule has 0 saturated carbocycles. The Morgan fingerprint density at radius 1 is 0.731 bits per heavy atom. The summed E-state index contributed by atoms with van der Waals surface area (Å²) in [5, 5.41) is 5.30. The lowest BCUT2D eigenvalue weighted by molar-refractivity contribution is 0.101. The van der Waals surface area contributed by atoms with Gasteiger partial charge in [0, 0.05) is 22.5 Å². The van der Waals surface area contributed by atoms with Gasteiger partial charge in [0.05, 0.1) is 5.02 Å². The van der Waals surface area contributed by atoms with E-state index in [2.05, 4.69) is 10.6 Å². The molecule has 0 radical (unpaired) electrons. The number of carbonyl (C=O) groups excluding carboxylic acids is 2. The van der Waals surface area contributed by atoms with Crippen LogP contribution in [0.4, 0.5) is 15.8 Å². The minimum absolute atomic E-state index is 0.0772. The molecule has 2 N–H and O–H groups in total. The topological polar surface area (TPSA) is 58.2 Å². The molecule has 4 nitrogen and oxygen atoms in total. The molecule has 0 bridgehead atoms. The van der Waals surface area contributed by atoms with E-state index in [1.165, 1.54) is 18.2 Å². The first-order valence-electron chi connectivity index (χ1n) is 7.76. The molecule has 0 unspecified atom stereocenters. The van der Waals surface area contributed by atoms with Crippen molar-refractivity contribution >= 4 is 34.8 Å². The quantitative estimate of drug-likeness (QED) is 0.682. The van der Waals surface area contributed by atoms with Gasteiger partial charge in [-0.05, 0) is 48.5 Å². The summed E-state index contributed by atoms with van der Waals surface area (Å²) >= 11 is 5.71. The maximum Gasteiger partial charge on any atom is 0.255 e. The Bertz CT molecular complexity index is 961. The van der Waals surface area contributed by atoms with E-state index in [1.54, 1.807) is 48.5 Å². The van der Waals surface area contributed by atoms with Crippen molar-refractivity contribution in [3.63, 3.8) is 0 Å². The van der Waals surface area contributed by atoms with Crippen LogP contribution in [0.3, 0.4) is 0 Å². The van der Waals surface area contributed by atoms with Crippen molar-refractivity contribution < 1.29 is 14.0 Å². The fourth-order valence-corrected chi connectivity index (χ4v) is 2.49. The van der Waals surface area contributed by atoms with E-state index in [-0.39, 0.29) is 10.9 Å². The van der Waals surface area contributed by atoms with E-state index in [4.69, 9.17) is 11.6 Å². The summed E-state index contributed by atoms with van der Waals surface area (Å²) in [6.07, 6.45) is 0. The Kier molecular flexibility index (Phi) is 5.29. The lowest BCUT2D eigenvalue weighted by Gasteiger charge is -2.09. The SMILES string of the molecule is O=C(Nc1cccc(C(=O)Nc2ccc(F)c(Cl)c2)c1)c1ccccc1. The second kappa shape index (κ2) is 7.80. The molecule has 3 aromatic rings. The lowest BCUT2D eigenvalue weighted by atomic mass is 10.1. The normalized spacial score (nSPS) is 10.2. The molecular weight excluding hydrogens is 355 g/mol. The van der Waals surface area contributed by atoms with Gasteiger partial charge in [-0.2, -0.15) is 0 Å². The van der Waals surface area contributed by atoms with Gasteiger partial charge < -0.3 is 10.6 Å². The number of amides is 2. The summed E-state index contributed by atoms with van der Waals surface area (Å²) in [7, 11) is 0. The number of carbonyl (C=O) groups is 2. The molecule has 0 aliphatic heterocycles. The zero-order valence-corrected chi connectivity index (χ0v) is 14.3. The van der Waals surface area contributed by atoms with Crippen LogP contribution >= 0.6 is 11.6 Å². The molecule has 2 amide bonds. The number of hydrogen-bond donors (Lipinski definition) is 2. The van der Waals surface area contributed by atoms with Crippen molar-refractivity contribution in [1.29, 1.82) is 0 Å². The van der Waals surface area contributed by atoms with Crippen molar-refractivity contribution in [3.05, 3.63) is 94.8 Å². The molecule has 0 spiro atoms. The van der Waals surface area contributed by atoms with E-state index in [0.717, 1.165) is 0 Å². The number of anilines is 2. The van der Waals surface area contributed by atoms with Crippen LogP contribution in [0.1, 0.15) is 20.7 Å². The smallest absolute Gasteiger partial charge is 0.255 e. The third-order valence-electron chi connectivity index (χ3n) is 3.60. The molecule has 26 heavy (non-hydrogen) atoms. The van der Waals surface area contributed by atoms with Gasteiger partial charge in [0.1, 0.15) is 5.82 Å². The van der Waals surface area contributed by atoms with Gasteiger partial charge in [0.15, 0.2) is 0 Å². The van der Waals surface area contributed by atoms with Crippen molar-refractivity contribution in [3.8, 4) is 0 Å². The maximum atomic E-state index is 13.2. The van der Waals surface area contributed by atoms with Crippen LogP contribution in [0.5, 0.6) is 0 Å². The Hall–Kier alpha value is -3.18. The first-order chi connectivity index (χ1) is 12.5. The predicted octanol–water partition coefficient (Wildman–Crippen LogP) is 4.98. The molecule has 0 aliphatic rings. The van der Waals surface area contributed by atoms with E-state index >= 15 is 0 Å². The molecule has 6 heteroatoms. The number of benzene rings is 3. The largest absolute Gasteiger partial charge is 0.322 e. The van der Waals surface area contributed by atoms with Gasteiger partial charge in [-0.15, -0.1) is 0 Å². The average Bonchev–Trinajstić information content (AvgIpc) is 2.65. The highest BCUT2D eigenvalue weighted by Crippen LogP contribution is 2.20. The number of hydrogen-bond acceptors (Lipinski definition) is 2. The molecule has 0 fully saturated rings. The van der Waals surface area contributed by atoms with Crippen LogP contribution in [-0.4, -0.2) is 11.8 Å². The minimum atomic E-state index is -0.560. The highest BCUT2D eigenvalue weighted by Gasteiger charge is 2.10. The molecule has 0 heterocycles. The predicted molar refractivity (Wildman–Crippen MR) is 100 cm³/mol.